The minimum absolute atomic E-state index is 0.159. The van der Waals surface area contributed by atoms with Crippen molar-refractivity contribution < 1.29 is 19.5 Å². The lowest BCUT2D eigenvalue weighted by Crippen LogP contribution is -2.40. The number of carbonyl (C=O) groups is 3. The van der Waals surface area contributed by atoms with Crippen molar-refractivity contribution in [3.05, 3.63) is 35.4 Å². The van der Waals surface area contributed by atoms with E-state index in [4.69, 9.17) is 5.11 Å². The maximum atomic E-state index is 12.6. The topological polar surface area (TPSA) is 77.9 Å². The number of carboxylic acid groups (broad SMARTS) is 1. The third kappa shape index (κ3) is 5.08. The highest BCUT2D eigenvalue weighted by Gasteiger charge is 2.25. The van der Waals surface area contributed by atoms with E-state index in [1.165, 1.54) is 0 Å². The SMILES string of the molecule is O=C(O)c1ccc([C@@H]2CCCN(C(=O)CCCN3CCCCC3=O)C2)cc1. The largest absolute Gasteiger partial charge is 0.478 e. The van der Waals surface area contributed by atoms with Gasteiger partial charge in [-0.05, 0) is 49.8 Å². The molecule has 0 aromatic heterocycles. The smallest absolute Gasteiger partial charge is 0.335 e. The molecule has 1 aromatic carbocycles. The van der Waals surface area contributed by atoms with Crippen molar-refractivity contribution in [1.29, 1.82) is 0 Å². The monoisotopic (exact) mass is 372 g/mol. The summed E-state index contributed by atoms with van der Waals surface area (Å²) in [5.41, 5.74) is 1.38. The van der Waals surface area contributed by atoms with E-state index < -0.39 is 5.97 Å². The van der Waals surface area contributed by atoms with Crippen LogP contribution in [0.25, 0.3) is 0 Å². The van der Waals surface area contributed by atoms with E-state index >= 15 is 0 Å². The second-order valence-corrected chi connectivity index (χ2v) is 7.55. The van der Waals surface area contributed by atoms with Crippen LogP contribution in [0.1, 0.15) is 66.8 Å². The zero-order valence-corrected chi connectivity index (χ0v) is 15.7. The normalized spacial score (nSPS) is 20.6. The molecular formula is C21H28N2O4. The highest BCUT2D eigenvalue weighted by molar-refractivity contribution is 5.87. The molecule has 0 saturated carbocycles. The molecule has 1 N–H and O–H groups in total. The lowest BCUT2D eigenvalue weighted by Gasteiger charge is -2.33. The van der Waals surface area contributed by atoms with Crippen molar-refractivity contribution in [1.82, 2.24) is 9.80 Å². The number of hydrogen-bond donors (Lipinski definition) is 1. The van der Waals surface area contributed by atoms with Gasteiger partial charge in [0.05, 0.1) is 5.56 Å². The van der Waals surface area contributed by atoms with Gasteiger partial charge < -0.3 is 14.9 Å². The molecule has 2 aliphatic rings. The van der Waals surface area contributed by atoms with Gasteiger partial charge in [0, 0.05) is 44.9 Å². The van der Waals surface area contributed by atoms with Crippen LogP contribution in [0, 0.1) is 0 Å². The molecule has 2 aliphatic heterocycles. The summed E-state index contributed by atoms with van der Waals surface area (Å²) in [6.07, 6.45) is 5.86. The number of aromatic carboxylic acids is 1. The molecule has 27 heavy (non-hydrogen) atoms. The summed E-state index contributed by atoms with van der Waals surface area (Å²) in [6.45, 7) is 2.97. The van der Waals surface area contributed by atoms with Gasteiger partial charge in [0.25, 0.3) is 0 Å². The van der Waals surface area contributed by atoms with Crippen molar-refractivity contribution in [3.63, 3.8) is 0 Å². The summed E-state index contributed by atoms with van der Waals surface area (Å²) in [7, 11) is 0. The van der Waals surface area contributed by atoms with E-state index in [1.807, 2.05) is 21.9 Å². The van der Waals surface area contributed by atoms with Crippen LogP contribution in [0.15, 0.2) is 24.3 Å². The molecule has 3 rings (SSSR count). The van der Waals surface area contributed by atoms with Gasteiger partial charge >= 0.3 is 5.97 Å². The molecule has 146 valence electrons. The van der Waals surface area contributed by atoms with Crippen LogP contribution in [0.3, 0.4) is 0 Å². The van der Waals surface area contributed by atoms with Gasteiger partial charge in [-0.2, -0.15) is 0 Å². The first kappa shape index (κ1) is 19.4. The van der Waals surface area contributed by atoms with Crippen LogP contribution in [-0.4, -0.2) is 58.9 Å². The van der Waals surface area contributed by atoms with E-state index in [2.05, 4.69) is 0 Å². The minimum Gasteiger partial charge on any atom is -0.478 e. The number of likely N-dealkylation sites (tertiary alicyclic amines) is 2. The second-order valence-electron chi connectivity index (χ2n) is 7.55. The highest BCUT2D eigenvalue weighted by atomic mass is 16.4. The zero-order valence-electron chi connectivity index (χ0n) is 15.7. The van der Waals surface area contributed by atoms with E-state index in [9.17, 15) is 14.4 Å². The summed E-state index contributed by atoms with van der Waals surface area (Å²) in [5, 5.41) is 9.02. The van der Waals surface area contributed by atoms with Crippen LogP contribution in [0.4, 0.5) is 0 Å². The molecule has 0 bridgehead atoms. The molecule has 6 heteroatoms. The first-order valence-electron chi connectivity index (χ1n) is 9.93. The molecule has 2 saturated heterocycles. The van der Waals surface area contributed by atoms with E-state index in [-0.39, 0.29) is 23.3 Å². The predicted molar refractivity (Wildman–Crippen MR) is 102 cm³/mol. The fourth-order valence-corrected chi connectivity index (χ4v) is 4.05. The first-order valence-corrected chi connectivity index (χ1v) is 9.93. The van der Waals surface area contributed by atoms with Gasteiger partial charge in [-0.25, -0.2) is 4.79 Å². The van der Waals surface area contributed by atoms with Gasteiger partial charge in [0.1, 0.15) is 0 Å². The van der Waals surface area contributed by atoms with E-state index in [1.54, 1.807) is 12.1 Å². The molecule has 6 nitrogen and oxygen atoms in total. The highest BCUT2D eigenvalue weighted by Crippen LogP contribution is 2.27. The number of piperidine rings is 2. The number of nitrogens with zero attached hydrogens (tertiary/aromatic N) is 2. The average molecular weight is 372 g/mol. The fourth-order valence-electron chi connectivity index (χ4n) is 4.05. The lowest BCUT2D eigenvalue weighted by atomic mass is 9.90. The molecule has 1 aromatic rings. The van der Waals surface area contributed by atoms with Crippen molar-refractivity contribution >= 4 is 17.8 Å². The van der Waals surface area contributed by atoms with Gasteiger partial charge in [-0.15, -0.1) is 0 Å². The Kier molecular flexibility index (Phi) is 6.48. The molecule has 2 amide bonds. The predicted octanol–water partition coefficient (Wildman–Crippen LogP) is 2.88. The molecule has 0 radical (unpaired) electrons. The van der Waals surface area contributed by atoms with Crippen LogP contribution < -0.4 is 0 Å². The lowest BCUT2D eigenvalue weighted by molar-refractivity contribution is -0.135. The van der Waals surface area contributed by atoms with Gasteiger partial charge in [0.15, 0.2) is 0 Å². The van der Waals surface area contributed by atoms with Crippen LogP contribution in [0.2, 0.25) is 0 Å². The van der Waals surface area contributed by atoms with Crippen molar-refractivity contribution in [3.8, 4) is 0 Å². The van der Waals surface area contributed by atoms with Crippen molar-refractivity contribution in [2.45, 2.75) is 50.9 Å². The standard InChI is InChI=1S/C21H28N2O4/c24-19-6-1-2-12-22(19)13-4-7-20(25)23-14-3-5-18(15-23)16-8-10-17(11-9-16)21(26)27/h8-11,18H,1-7,12-15H2,(H,26,27)/t18-/m1/s1. The van der Waals surface area contributed by atoms with Gasteiger partial charge in [-0.1, -0.05) is 12.1 Å². The van der Waals surface area contributed by atoms with Crippen molar-refractivity contribution in [2.75, 3.05) is 26.2 Å². The molecule has 2 heterocycles. The Bertz CT molecular complexity index is 686. The Balaban J connectivity index is 1.48. The van der Waals surface area contributed by atoms with Gasteiger partial charge in [-0.3, -0.25) is 9.59 Å². The molecule has 2 fully saturated rings. The Morgan fingerprint density at radius 1 is 1.07 bits per heavy atom. The Hall–Kier alpha value is -2.37. The van der Waals surface area contributed by atoms with E-state index in [0.29, 0.717) is 25.9 Å². The molecular weight excluding hydrogens is 344 g/mol. The summed E-state index contributed by atoms with van der Waals surface area (Å²) in [6, 6.07) is 7.00. The fraction of sp³-hybridized carbons (Fsp3) is 0.571. The molecule has 0 aliphatic carbocycles. The quantitative estimate of drug-likeness (QED) is 0.833. The summed E-state index contributed by atoms with van der Waals surface area (Å²) >= 11 is 0. The number of carboxylic acids is 1. The Labute approximate surface area is 160 Å². The van der Waals surface area contributed by atoms with Crippen LogP contribution in [-0.2, 0) is 9.59 Å². The number of hydrogen-bond acceptors (Lipinski definition) is 3. The summed E-state index contributed by atoms with van der Waals surface area (Å²) in [4.78, 5) is 39.2. The number of benzene rings is 1. The summed E-state index contributed by atoms with van der Waals surface area (Å²) < 4.78 is 0. The maximum Gasteiger partial charge on any atom is 0.335 e. The number of rotatable bonds is 6. The molecule has 0 unspecified atom stereocenters. The minimum atomic E-state index is -0.922. The Morgan fingerprint density at radius 3 is 2.56 bits per heavy atom. The number of carbonyl (C=O) groups excluding carboxylic acids is 2. The average Bonchev–Trinajstić information content (AvgIpc) is 2.69. The summed E-state index contributed by atoms with van der Waals surface area (Å²) in [5.74, 6) is -0.286. The number of amides is 2. The third-order valence-corrected chi connectivity index (χ3v) is 5.64. The van der Waals surface area contributed by atoms with Crippen molar-refractivity contribution in [2.24, 2.45) is 0 Å². The van der Waals surface area contributed by atoms with Gasteiger partial charge in [0.2, 0.25) is 11.8 Å². The van der Waals surface area contributed by atoms with Crippen LogP contribution >= 0.6 is 0 Å². The Morgan fingerprint density at radius 2 is 1.85 bits per heavy atom. The van der Waals surface area contributed by atoms with Crippen LogP contribution in [0.5, 0.6) is 0 Å². The van der Waals surface area contributed by atoms with E-state index in [0.717, 1.165) is 50.8 Å². The molecule has 0 spiro atoms. The maximum absolute atomic E-state index is 12.6. The zero-order chi connectivity index (χ0) is 19.2. The third-order valence-electron chi connectivity index (χ3n) is 5.64. The molecule has 1 atom stereocenters. The first-order chi connectivity index (χ1) is 13.0. The second kappa shape index (κ2) is 9.02.